The predicted octanol–water partition coefficient (Wildman–Crippen LogP) is 5.42. The number of carbonyl (C=O) groups is 1. The molecule has 0 atom stereocenters. The van der Waals surface area contributed by atoms with Crippen LogP contribution in [0.2, 0.25) is 0 Å². The van der Waals surface area contributed by atoms with Gasteiger partial charge in [-0.25, -0.2) is 14.4 Å². The first-order chi connectivity index (χ1) is 14.2. The molecule has 1 saturated heterocycles. The van der Waals surface area contributed by atoms with Gasteiger partial charge in [-0.15, -0.1) is 11.3 Å². The number of rotatable bonds is 4. The van der Waals surface area contributed by atoms with Crippen molar-refractivity contribution in [3.63, 3.8) is 0 Å². The Morgan fingerprint density at radius 3 is 2.55 bits per heavy atom. The predicted molar refractivity (Wildman–Crippen MR) is 111 cm³/mol. The van der Waals surface area contributed by atoms with Gasteiger partial charge in [-0.05, 0) is 48.4 Å². The molecule has 0 spiro atoms. The number of benzene rings is 2. The Bertz CT molecular complexity index is 1190. The van der Waals surface area contributed by atoms with E-state index in [0.717, 1.165) is 40.0 Å². The molecule has 2 aromatic heterocycles. The number of carbonyl (C=O) groups excluding carboxylic acids is 1. The minimum atomic E-state index is -0.280. The first-order valence-corrected chi connectivity index (χ1v) is 10.1. The number of nitrogens with zero attached hydrogens (tertiary/aromatic N) is 3. The van der Waals surface area contributed by atoms with E-state index in [4.69, 9.17) is 4.74 Å². The molecule has 1 aliphatic heterocycles. The number of halogens is 1. The van der Waals surface area contributed by atoms with E-state index in [1.807, 2.05) is 29.6 Å². The highest BCUT2D eigenvalue weighted by molar-refractivity contribution is 7.17. The molecule has 7 heteroatoms. The Labute approximate surface area is 170 Å². The van der Waals surface area contributed by atoms with Gasteiger partial charge < -0.3 is 9.64 Å². The number of anilines is 1. The Hall–Kier alpha value is -3.32. The Morgan fingerprint density at radius 1 is 1.03 bits per heavy atom. The third-order valence-corrected chi connectivity index (χ3v) is 5.81. The second-order valence-electron chi connectivity index (χ2n) is 6.76. The van der Waals surface area contributed by atoms with Gasteiger partial charge in [0.2, 0.25) is 11.8 Å². The summed E-state index contributed by atoms with van der Waals surface area (Å²) < 4.78 is 19.4. The van der Waals surface area contributed by atoms with Crippen molar-refractivity contribution in [1.29, 1.82) is 0 Å². The fraction of sp³-hybridized carbons (Fsp3) is 0.136. The smallest absolute Gasteiger partial charge is 0.231 e. The zero-order valence-corrected chi connectivity index (χ0v) is 16.2. The molecule has 1 fully saturated rings. The molecule has 0 radical (unpaired) electrons. The van der Waals surface area contributed by atoms with E-state index in [9.17, 15) is 9.18 Å². The third kappa shape index (κ3) is 3.34. The molecule has 0 saturated carbocycles. The largest absolute Gasteiger partial charge is 0.438 e. The Kier molecular flexibility index (Phi) is 4.44. The van der Waals surface area contributed by atoms with Gasteiger partial charge in [-0.1, -0.05) is 12.1 Å². The maximum Gasteiger partial charge on any atom is 0.231 e. The molecule has 1 aliphatic rings. The lowest BCUT2D eigenvalue weighted by Gasteiger charge is -2.16. The number of ether oxygens (including phenoxy) is 1. The summed E-state index contributed by atoms with van der Waals surface area (Å²) in [6.45, 7) is 0.751. The van der Waals surface area contributed by atoms with Crippen molar-refractivity contribution < 1.29 is 13.9 Å². The summed E-state index contributed by atoms with van der Waals surface area (Å²) >= 11 is 1.49. The van der Waals surface area contributed by atoms with E-state index in [0.29, 0.717) is 18.1 Å². The first-order valence-electron chi connectivity index (χ1n) is 9.25. The van der Waals surface area contributed by atoms with Crippen LogP contribution in [0.3, 0.4) is 0 Å². The minimum absolute atomic E-state index is 0.151. The molecule has 3 heterocycles. The van der Waals surface area contributed by atoms with Crippen LogP contribution in [0.5, 0.6) is 11.6 Å². The summed E-state index contributed by atoms with van der Waals surface area (Å²) in [7, 11) is 0. The SMILES string of the molecule is O=C1CCCN1c1ccc(Oc2ncnc3scc(-c4ccc(F)cc4)c23)cc1. The highest BCUT2D eigenvalue weighted by Gasteiger charge is 2.21. The van der Waals surface area contributed by atoms with Gasteiger partial charge in [0.05, 0.1) is 5.39 Å². The maximum absolute atomic E-state index is 13.3. The molecular weight excluding hydrogens is 389 g/mol. The van der Waals surface area contributed by atoms with Crippen molar-refractivity contribution in [3.8, 4) is 22.8 Å². The normalized spacial score (nSPS) is 14.0. The lowest BCUT2D eigenvalue weighted by atomic mass is 10.1. The van der Waals surface area contributed by atoms with E-state index in [-0.39, 0.29) is 11.7 Å². The molecule has 1 amide bonds. The van der Waals surface area contributed by atoms with E-state index < -0.39 is 0 Å². The second-order valence-corrected chi connectivity index (χ2v) is 7.62. The van der Waals surface area contributed by atoms with Crippen molar-refractivity contribution >= 4 is 33.1 Å². The Balaban J connectivity index is 1.48. The average molecular weight is 405 g/mol. The fourth-order valence-electron chi connectivity index (χ4n) is 3.49. The van der Waals surface area contributed by atoms with E-state index in [2.05, 4.69) is 9.97 Å². The number of hydrogen-bond donors (Lipinski definition) is 0. The van der Waals surface area contributed by atoms with E-state index >= 15 is 0 Å². The maximum atomic E-state index is 13.3. The van der Waals surface area contributed by atoms with Crippen molar-refractivity contribution in [2.75, 3.05) is 11.4 Å². The molecule has 0 N–H and O–H groups in total. The zero-order valence-electron chi connectivity index (χ0n) is 15.3. The van der Waals surface area contributed by atoms with Crippen molar-refractivity contribution in [2.24, 2.45) is 0 Å². The van der Waals surface area contributed by atoms with Gasteiger partial charge in [-0.2, -0.15) is 0 Å². The molecule has 144 valence electrons. The molecule has 5 rings (SSSR count). The second kappa shape index (κ2) is 7.25. The molecule has 0 bridgehead atoms. The van der Waals surface area contributed by atoms with Crippen molar-refractivity contribution in [1.82, 2.24) is 9.97 Å². The van der Waals surface area contributed by atoms with Crippen LogP contribution in [-0.4, -0.2) is 22.4 Å². The van der Waals surface area contributed by atoms with E-state index in [1.54, 1.807) is 17.0 Å². The minimum Gasteiger partial charge on any atom is -0.438 e. The van der Waals surface area contributed by atoms with Gasteiger partial charge in [0.1, 0.15) is 22.7 Å². The highest BCUT2D eigenvalue weighted by atomic mass is 32.1. The van der Waals surface area contributed by atoms with Crippen molar-refractivity contribution in [2.45, 2.75) is 12.8 Å². The van der Waals surface area contributed by atoms with Crippen LogP contribution in [0.4, 0.5) is 10.1 Å². The fourth-order valence-corrected chi connectivity index (χ4v) is 4.40. The number of aromatic nitrogens is 2. The highest BCUT2D eigenvalue weighted by Crippen LogP contribution is 2.39. The number of thiophene rings is 1. The lowest BCUT2D eigenvalue weighted by molar-refractivity contribution is -0.117. The van der Waals surface area contributed by atoms with E-state index in [1.165, 1.54) is 29.8 Å². The molecule has 0 unspecified atom stereocenters. The molecular formula is C22H16FN3O2S. The van der Waals surface area contributed by atoms with Crippen molar-refractivity contribution in [3.05, 3.63) is 66.1 Å². The first kappa shape index (κ1) is 17.8. The lowest BCUT2D eigenvalue weighted by Crippen LogP contribution is -2.23. The number of hydrogen-bond acceptors (Lipinski definition) is 5. The van der Waals surface area contributed by atoms with Crippen LogP contribution in [0.25, 0.3) is 21.3 Å². The van der Waals surface area contributed by atoms with Crippen LogP contribution in [0, 0.1) is 5.82 Å². The van der Waals surface area contributed by atoms with Crippen LogP contribution in [0.1, 0.15) is 12.8 Å². The standard InChI is InChI=1S/C22H16FN3O2S/c23-15-5-3-14(4-6-15)18-12-29-22-20(18)21(24-13-25-22)28-17-9-7-16(8-10-17)26-11-1-2-19(26)27/h3-10,12-13H,1-2,11H2. The summed E-state index contributed by atoms with van der Waals surface area (Å²) in [6, 6.07) is 13.8. The molecule has 4 aromatic rings. The summed E-state index contributed by atoms with van der Waals surface area (Å²) in [5.41, 5.74) is 2.65. The van der Waals surface area contributed by atoms with Crippen LogP contribution >= 0.6 is 11.3 Å². The summed E-state index contributed by atoms with van der Waals surface area (Å²) in [5.74, 6) is 0.938. The molecule has 0 aliphatic carbocycles. The van der Waals surface area contributed by atoms with Crippen LogP contribution < -0.4 is 9.64 Å². The number of amides is 1. The third-order valence-electron chi connectivity index (χ3n) is 4.93. The molecule has 29 heavy (non-hydrogen) atoms. The van der Waals surface area contributed by atoms with Gasteiger partial charge in [0, 0.05) is 29.6 Å². The van der Waals surface area contributed by atoms with Crippen LogP contribution in [-0.2, 0) is 4.79 Å². The summed E-state index contributed by atoms with van der Waals surface area (Å²) in [6.07, 6.45) is 2.96. The summed E-state index contributed by atoms with van der Waals surface area (Å²) in [4.78, 5) is 23.2. The van der Waals surface area contributed by atoms with Crippen LogP contribution in [0.15, 0.2) is 60.2 Å². The quantitative estimate of drug-likeness (QED) is 0.455. The Morgan fingerprint density at radius 2 is 1.83 bits per heavy atom. The van der Waals surface area contributed by atoms with Gasteiger partial charge in [-0.3, -0.25) is 4.79 Å². The molecule has 2 aromatic carbocycles. The van der Waals surface area contributed by atoms with Gasteiger partial charge in [0.15, 0.2) is 0 Å². The monoisotopic (exact) mass is 405 g/mol. The van der Waals surface area contributed by atoms with Gasteiger partial charge in [0.25, 0.3) is 0 Å². The zero-order chi connectivity index (χ0) is 19.8. The number of fused-ring (bicyclic) bond motifs is 1. The topological polar surface area (TPSA) is 55.3 Å². The average Bonchev–Trinajstić information content (AvgIpc) is 3.36. The van der Waals surface area contributed by atoms with Gasteiger partial charge >= 0.3 is 0 Å². The summed E-state index contributed by atoms with van der Waals surface area (Å²) in [5, 5.41) is 2.77. The molecule has 5 nitrogen and oxygen atoms in total.